The molecule has 0 unspecified atom stereocenters. The van der Waals surface area contributed by atoms with Gasteiger partial charge in [0.2, 0.25) is 0 Å². The highest BCUT2D eigenvalue weighted by Crippen LogP contribution is 2.19. The quantitative estimate of drug-likeness (QED) is 0.746. The summed E-state index contributed by atoms with van der Waals surface area (Å²) in [7, 11) is 0. The molecule has 0 aromatic carbocycles. The number of nitrogens with two attached hydrogens (primary N) is 1. The molecule has 0 saturated heterocycles. The molecule has 2 N–H and O–H groups in total. The van der Waals surface area contributed by atoms with Gasteiger partial charge >= 0.3 is 0 Å². The van der Waals surface area contributed by atoms with Gasteiger partial charge in [-0.1, -0.05) is 12.2 Å². The van der Waals surface area contributed by atoms with Crippen LogP contribution in [0.15, 0.2) is 24.4 Å². The predicted octanol–water partition coefficient (Wildman–Crippen LogP) is 1.45. The van der Waals surface area contributed by atoms with Crippen LogP contribution in [0.2, 0.25) is 0 Å². The Morgan fingerprint density at radius 3 is 3.00 bits per heavy atom. The molecule has 2 heterocycles. The fraction of sp³-hybridized carbons (Fsp3) is 0.364. The van der Waals surface area contributed by atoms with E-state index in [9.17, 15) is 4.39 Å². The summed E-state index contributed by atoms with van der Waals surface area (Å²) >= 11 is 0. The van der Waals surface area contributed by atoms with E-state index >= 15 is 0 Å². The Bertz CT molecular complexity index is 376. The zero-order valence-electron chi connectivity index (χ0n) is 8.49. The summed E-state index contributed by atoms with van der Waals surface area (Å²) in [5.74, 6) is 0.481. The molecule has 0 fully saturated rings. The summed E-state index contributed by atoms with van der Waals surface area (Å²) in [5, 5.41) is 0. The lowest BCUT2D eigenvalue weighted by Gasteiger charge is -2.26. The lowest BCUT2D eigenvalue weighted by molar-refractivity contribution is 0.617. The van der Waals surface area contributed by atoms with Gasteiger partial charge in [0.1, 0.15) is 11.6 Å². The highest BCUT2D eigenvalue weighted by Gasteiger charge is 2.13. The van der Waals surface area contributed by atoms with Crippen LogP contribution in [0, 0.1) is 5.82 Å². The van der Waals surface area contributed by atoms with Crippen LogP contribution in [0.1, 0.15) is 12.0 Å². The molecule has 1 aromatic rings. The van der Waals surface area contributed by atoms with E-state index in [0.29, 0.717) is 6.54 Å². The zero-order chi connectivity index (χ0) is 10.7. The maximum absolute atomic E-state index is 13.0. The van der Waals surface area contributed by atoms with E-state index in [0.717, 1.165) is 30.9 Å². The average Bonchev–Trinajstić information content (AvgIpc) is 2.30. The highest BCUT2D eigenvalue weighted by atomic mass is 19.1. The second-order valence-electron chi connectivity index (χ2n) is 3.55. The van der Waals surface area contributed by atoms with E-state index in [1.54, 1.807) is 0 Å². The molecular weight excluding hydrogens is 193 g/mol. The number of rotatable bonds is 2. The third kappa shape index (κ3) is 2.15. The second kappa shape index (κ2) is 4.40. The first-order chi connectivity index (χ1) is 7.31. The highest BCUT2D eigenvalue weighted by molar-refractivity contribution is 5.48. The van der Waals surface area contributed by atoms with Crippen molar-refractivity contribution in [3.05, 3.63) is 35.8 Å². The summed E-state index contributed by atoms with van der Waals surface area (Å²) in [6.45, 7) is 2.06. The maximum Gasteiger partial charge on any atom is 0.141 e. The molecule has 3 nitrogen and oxygen atoms in total. The van der Waals surface area contributed by atoms with Gasteiger partial charge in [-0.05, 0) is 12.5 Å². The van der Waals surface area contributed by atoms with Crippen LogP contribution >= 0.6 is 0 Å². The third-order valence-electron chi connectivity index (χ3n) is 2.49. The van der Waals surface area contributed by atoms with E-state index in [1.165, 1.54) is 12.3 Å². The molecule has 1 aliphatic heterocycles. The van der Waals surface area contributed by atoms with Crippen LogP contribution in [0.25, 0.3) is 0 Å². The van der Waals surface area contributed by atoms with Gasteiger partial charge in [0.25, 0.3) is 0 Å². The van der Waals surface area contributed by atoms with E-state index < -0.39 is 0 Å². The Labute approximate surface area is 88.4 Å². The largest absolute Gasteiger partial charge is 0.352 e. The van der Waals surface area contributed by atoms with Crippen molar-refractivity contribution in [3.8, 4) is 0 Å². The molecule has 80 valence electrons. The summed E-state index contributed by atoms with van der Waals surface area (Å²) < 4.78 is 13.0. The number of halogens is 1. The summed E-state index contributed by atoms with van der Waals surface area (Å²) in [6, 6.07) is 1.46. The minimum absolute atomic E-state index is 0.320. The molecule has 0 atom stereocenters. The minimum Gasteiger partial charge on any atom is -0.352 e. The van der Waals surface area contributed by atoms with E-state index in [4.69, 9.17) is 5.73 Å². The first-order valence-corrected chi connectivity index (χ1v) is 5.05. The first-order valence-electron chi connectivity index (χ1n) is 5.05. The first kappa shape index (κ1) is 10.1. The Balaban J connectivity index is 2.30. The van der Waals surface area contributed by atoms with Crippen molar-refractivity contribution < 1.29 is 4.39 Å². The lowest BCUT2D eigenvalue weighted by atomic mass is 10.2. The topological polar surface area (TPSA) is 42.1 Å². The second-order valence-corrected chi connectivity index (χ2v) is 3.55. The van der Waals surface area contributed by atoms with Crippen LogP contribution in [0.5, 0.6) is 0 Å². The number of nitrogens with zero attached hydrogens (tertiary/aromatic N) is 2. The van der Waals surface area contributed by atoms with Crippen LogP contribution in [-0.4, -0.2) is 18.1 Å². The standard InChI is InChI=1S/C11H14FN3/c12-10-6-9(7-13)11(14-8-10)15-4-2-1-3-5-15/h1-2,6,8H,3-5,7,13H2. The number of aromatic nitrogens is 1. The summed E-state index contributed by atoms with van der Waals surface area (Å²) in [5.41, 5.74) is 6.34. The number of hydrogen-bond donors (Lipinski definition) is 1. The van der Waals surface area contributed by atoms with Crippen molar-refractivity contribution in [2.75, 3.05) is 18.0 Å². The molecule has 0 aliphatic carbocycles. The minimum atomic E-state index is -0.327. The van der Waals surface area contributed by atoms with Gasteiger partial charge in [0.05, 0.1) is 6.20 Å². The van der Waals surface area contributed by atoms with Crippen molar-refractivity contribution in [2.45, 2.75) is 13.0 Å². The van der Waals surface area contributed by atoms with Gasteiger partial charge in [0.15, 0.2) is 0 Å². The molecule has 15 heavy (non-hydrogen) atoms. The van der Waals surface area contributed by atoms with Crippen LogP contribution in [0.4, 0.5) is 10.2 Å². The fourth-order valence-electron chi connectivity index (χ4n) is 1.74. The van der Waals surface area contributed by atoms with E-state index in [2.05, 4.69) is 22.0 Å². The van der Waals surface area contributed by atoms with Crippen molar-refractivity contribution in [3.63, 3.8) is 0 Å². The Kier molecular flexibility index (Phi) is 2.97. The molecule has 0 amide bonds. The van der Waals surface area contributed by atoms with Crippen molar-refractivity contribution in [2.24, 2.45) is 5.73 Å². The van der Waals surface area contributed by atoms with Crippen molar-refractivity contribution >= 4 is 5.82 Å². The van der Waals surface area contributed by atoms with Crippen molar-refractivity contribution in [1.82, 2.24) is 4.98 Å². The maximum atomic E-state index is 13.0. The Morgan fingerprint density at radius 2 is 2.33 bits per heavy atom. The number of hydrogen-bond acceptors (Lipinski definition) is 3. The van der Waals surface area contributed by atoms with Crippen molar-refractivity contribution in [1.29, 1.82) is 0 Å². The molecule has 4 heteroatoms. The SMILES string of the molecule is NCc1cc(F)cnc1N1CC=CCC1. The molecule has 0 radical (unpaired) electrons. The molecule has 0 spiro atoms. The summed E-state index contributed by atoms with van der Waals surface area (Å²) in [6.07, 6.45) is 6.48. The smallest absolute Gasteiger partial charge is 0.141 e. The van der Waals surface area contributed by atoms with Crippen LogP contribution in [-0.2, 0) is 6.54 Å². The Hall–Kier alpha value is -1.42. The van der Waals surface area contributed by atoms with Gasteiger partial charge in [-0.25, -0.2) is 9.37 Å². The zero-order valence-corrected chi connectivity index (χ0v) is 8.49. The summed E-state index contributed by atoms with van der Waals surface area (Å²) in [4.78, 5) is 6.22. The fourth-order valence-corrected chi connectivity index (χ4v) is 1.74. The normalized spacial score (nSPS) is 15.7. The molecule has 0 bridgehead atoms. The van der Waals surface area contributed by atoms with Gasteiger partial charge in [-0.3, -0.25) is 0 Å². The van der Waals surface area contributed by atoms with Gasteiger partial charge in [-0.2, -0.15) is 0 Å². The molecular formula is C11H14FN3. The Morgan fingerprint density at radius 1 is 1.47 bits per heavy atom. The monoisotopic (exact) mass is 207 g/mol. The van der Waals surface area contributed by atoms with Crippen LogP contribution in [0.3, 0.4) is 0 Å². The number of pyridine rings is 1. The molecule has 1 aliphatic rings. The van der Waals surface area contributed by atoms with E-state index in [-0.39, 0.29) is 5.82 Å². The number of anilines is 1. The predicted molar refractivity (Wildman–Crippen MR) is 58.1 cm³/mol. The third-order valence-corrected chi connectivity index (χ3v) is 2.49. The van der Waals surface area contributed by atoms with Gasteiger partial charge in [0, 0.05) is 25.2 Å². The molecule has 0 saturated carbocycles. The molecule has 1 aromatic heterocycles. The lowest BCUT2D eigenvalue weighted by Crippen LogP contribution is -2.29. The molecule has 2 rings (SSSR count). The van der Waals surface area contributed by atoms with Gasteiger partial charge < -0.3 is 10.6 Å². The van der Waals surface area contributed by atoms with E-state index in [1.807, 2.05) is 0 Å². The van der Waals surface area contributed by atoms with Crippen LogP contribution < -0.4 is 10.6 Å². The van der Waals surface area contributed by atoms with Gasteiger partial charge in [-0.15, -0.1) is 0 Å². The average molecular weight is 207 g/mol.